The highest BCUT2D eigenvalue weighted by atomic mass is 16.7. The minimum absolute atomic E-state index is 0.0682. The molecule has 426 valence electrons. The molecule has 0 bridgehead atoms. The highest BCUT2D eigenvalue weighted by Gasteiger charge is 2.49. The van der Waals surface area contributed by atoms with Crippen LogP contribution >= 0.6 is 0 Å². The van der Waals surface area contributed by atoms with E-state index in [1.807, 2.05) is 32.0 Å². The van der Waals surface area contributed by atoms with Crippen LogP contribution in [0.15, 0.2) is 48.5 Å². The Labute approximate surface area is 446 Å². The molecule has 5 amide bonds. The van der Waals surface area contributed by atoms with Crippen molar-refractivity contribution in [2.75, 3.05) is 34.9 Å². The number of ether oxygens (including phenoxy) is 5. The quantitative estimate of drug-likeness (QED) is 0.0670. The van der Waals surface area contributed by atoms with Crippen molar-refractivity contribution in [3.05, 3.63) is 65.2 Å². The van der Waals surface area contributed by atoms with Crippen molar-refractivity contribution in [3.63, 3.8) is 0 Å². The smallest absolute Gasteiger partial charge is 0.410 e. The van der Waals surface area contributed by atoms with Crippen LogP contribution in [0.25, 0.3) is 0 Å². The number of carbonyl (C=O) groups excluding carboxylic acids is 5. The minimum atomic E-state index is -1.91. The second-order valence-corrected chi connectivity index (χ2v) is 20.8. The Balaban J connectivity index is 1.43. The van der Waals surface area contributed by atoms with Gasteiger partial charge in [0.15, 0.2) is 6.10 Å². The van der Waals surface area contributed by atoms with Crippen molar-refractivity contribution in [2.24, 2.45) is 29.4 Å². The average molecular weight is 1070 g/mol. The normalized spacial score (nSPS) is 23.3. The molecule has 0 spiro atoms. The van der Waals surface area contributed by atoms with E-state index in [9.17, 15) is 54.3 Å². The maximum absolute atomic E-state index is 14.7. The number of nitrogens with zero attached hydrogens (tertiary/aromatic N) is 3. The standard InChI is InChI=1S/C54H84N6O16/c1-13-30(6)42(38(72-11)25-39(61)60-23-17-20-36(60)47(73-12)31(7)49(66)56-32(8)43(62)34-18-15-14-16-19-34)58(9)51(68)40(28(2)3)57-50(67)41(29(4)5)59(10)54(71)74-27-33-21-22-37(35(24-33)26-55)75-53-46(65)44(63)45(64)48(76-53)52(69)70/h14-16,18-19,21-22,24,28-32,36,38,40-48,53,62-65H,13,17,20,23,25-27,55H2,1-12H3,(H,56,66)(H,57,67)(H,69,70)/t30-,31+,32+,36-,38+,40-,41-,42-,43+,44-,45-,46+,47+,48-,53+/m0/s1. The number of methoxy groups -OCH3 is 2. The van der Waals surface area contributed by atoms with Gasteiger partial charge in [-0.2, -0.15) is 0 Å². The summed E-state index contributed by atoms with van der Waals surface area (Å²) in [5.41, 5.74) is 7.43. The summed E-state index contributed by atoms with van der Waals surface area (Å²) >= 11 is 0. The predicted molar refractivity (Wildman–Crippen MR) is 278 cm³/mol. The molecule has 22 nitrogen and oxygen atoms in total. The van der Waals surface area contributed by atoms with Gasteiger partial charge in [0.25, 0.3) is 0 Å². The second kappa shape index (κ2) is 28.8. The Bertz CT molecular complexity index is 2240. The van der Waals surface area contributed by atoms with E-state index in [0.717, 1.165) is 4.90 Å². The second-order valence-electron chi connectivity index (χ2n) is 20.8. The molecule has 0 aromatic heterocycles. The van der Waals surface area contributed by atoms with Gasteiger partial charge in [-0.1, -0.05) is 91.3 Å². The number of carbonyl (C=O) groups is 6. The number of likely N-dealkylation sites (tertiary alicyclic amines) is 1. The molecule has 76 heavy (non-hydrogen) atoms. The number of aliphatic hydroxyl groups is 4. The average Bonchev–Trinajstić information content (AvgIpc) is 3.88. The monoisotopic (exact) mass is 1070 g/mol. The number of carboxylic acid groups (broad SMARTS) is 1. The van der Waals surface area contributed by atoms with Crippen LogP contribution in [-0.4, -0.2) is 184 Å². The van der Waals surface area contributed by atoms with Crippen LogP contribution < -0.4 is 21.1 Å². The molecule has 2 aromatic rings. The molecule has 2 saturated heterocycles. The first-order chi connectivity index (χ1) is 35.8. The molecular weight excluding hydrogens is 989 g/mol. The fourth-order valence-corrected chi connectivity index (χ4v) is 10.2. The number of nitrogens with two attached hydrogens (primary N) is 1. The number of amides is 5. The number of hydrogen-bond donors (Lipinski definition) is 8. The summed E-state index contributed by atoms with van der Waals surface area (Å²) in [7, 11) is 6.04. The zero-order chi connectivity index (χ0) is 56.9. The van der Waals surface area contributed by atoms with E-state index in [0.29, 0.717) is 42.5 Å². The van der Waals surface area contributed by atoms with E-state index in [2.05, 4.69) is 10.6 Å². The van der Waals surface area contributed by atoms with Gasteiger partial charge in [-0.15, -0.1) is 0 Å². The number of carboxylic acids is 1. The van der Waals surface area contributed by atoms with Gasteiger partial charge in [-0.05, 0) is 60.8 Å². The van der Waals surface area contributed by atoms with Crippen molar-refractivity contribution >= 4 is 35.7 Å². The third kappa shape index (κ3) is 15.4. The summed E-state index contributed by atoms with van der Waals surface area (Å²) in [6.45, 7) is 14.5. The molecule has 22 heteroatoms. The van der Waals surface area contributed by atoms with Gasteiger partial charge in [0.1, 0.15) is 42.8 Å². The lowest BCUT2D eigenvalue weighted by Gasteiger charge is -2.41. The number of likely N-dealkylation sites (N-methyl/N-ethyl adjacent to an activating group) is 2. The topological polar surface area (TPSA) is 310 Å². The molecule has 2 heterocycles. The highest BCUT2D eigenvalue weighted by Crippen LogP contribution is 2.32. The number of hydrogen-bond acceptors (Lipinski definition) is 16. The number of aliphatic carboxylic acids is 1. The van der Waals surface area contributed by atoms with Crippen LogP contribution in [-0.2, 0) is 56.1 Å². The van der Waals surface area contributed by atoms with Gasteiger partial charge in [0, 0.05) is 47.0 Å². The Morgan fingerprint density at radius 1 is 0.855 bits per heavy atom. The lowest BCUT2D eigenvalue weighted by molar-refractivity contribution is -0.271. The molecule has 15 atom stereocenters. The Hall–Kier alpha value is -5.46. The third-order valence-electron chi connectivity index (χ3n) is 14.8. The van der Waals surface area contributed by atoms with Gasteiger partial charge < -0.3 is 75.4 Å². The van der Waals surface area contributed by atoms with Crippen LogP contribution in [0, 0.1) is 23.7 Å². The molecule has 4 rings (SSSR count). The number of nitrogens with one attached hydrogen (secondary N) is 2. The van der Waals surface area contributed by atoms with Gasteiger partial charge in [0.2, 0.25) is 29.9 Å². The van der Waals surface area contributed by atoms with E-state index in [-0.39, 0.29) is 43.1 Å². The number of benzene rings is 2. The van der Waals surface area contributed by atoms with Gasteiger partial charge in [0.05, 0.1) is 48.8 Å². The predicted octanol–water partition coefficient (Wildman–Crippen LogP) is 2.31. The molecule has 0 unspecified atom stereocenters. The molecule has 2 aliphatic rings. The van der Waals surface area contributed by atoms with Crippen LogP contribution in [0.3, 0.4) is 0 Å². The fraction of sp³-hybridized carbons (Fsp3) is 0.667. The Kier molecular flexibility index (Phi) is 23.9. The maximum atomic E-state index is 14.7. The van der Waals surface area contributed by atoms with E-state index < -0.39 is 121 Å². The number of rotatable bonds is 26. The summed E-state index contributed by atoms with van der Waals surface area (Å²) in [6, 6.07) is 9.73. The van der Waals surface area contributed by atoms with E-state index >= 15 is 0 Å². The molecule has 9 N–H and O–H groups in total. The molecule has 2 fully saturated rings. The van der Waals surface area contributed by atoms with Crippen LogP contribution in [0.4, 0.5) is 4.79 Å². The van der Waals surface area contributed by atoms with E-state index in [1.165, 1.54) is 38.3 Å². The third-order valence-corrected chi connectivity index (χ3v) is 14.8. The van der Waals surface area contributed by atoms with Crippen molar-refractivity contribution in [3.8, 4) is 5.75 Å². The molecule has 0 saturated carbocycles. The summed E-state index contributed by atoms with van der Waals surface area (Å²) in [6.07, 6.45) is -10.5. The first kappa shape index (κ1) is 63.1. The van der Waals surface area contributed by atoms with Crippen molar-refractivity contribution in [1.29, 1.82) is 0 Å². The lowest BCUT2D eigenvalue weighted by atomic mass is 9.89. The summed E-state index contributed by atoms with van der Waals surface area (Å²) in [5.74, 6) is -4.81. The molecule has 2 aliphatic heterocycles. The lowest BCUT2D eigenvalue weighted by Crippen LogP contribution is -2.61. The largest absolute Gasteiger partial charge is 0.479 e. The first-order valence-corrected chi connectivity index (χ1v) is 26.1. The number of aliphatic hydroxyl groups excluding tert-OH is 4. The van der Waals surface area contributed by atoms with Crippen LogP contribution in [0.1, 0.15) is 104 Å². The van der Waals surface area contributed by atoms with E-state index in [1.54, 1.807) is 71.7 Å². The zero-order valence-electron chi connectivity index (χ0n) is 46.0. The summed E-state index contributed by atoms with van der Waals surface area (Å²) in [4.78, 5) is 86.6. The molecule has 2 aromatic carbocycles. The van der Waals surface area contributed by atoms with Crippen molar-refractivity contribution in [2.45, 2.75) is 173 Å². The van der Waals surface area contributed by atoms with Crippen molar-refractivity contribution in [1.82, 2.24) is 25.3 Å². The Morgan fingerprint density at radius 2 is 1.51 bits per heavy atom. The van der Waals surface area contributed by atoms with Crippen LogP contribution in [0.5, 0.6) is 5.75 Å². The zero-order valence-corrected chi connectivity index (χ0v) is 46.0. The SMILES string of the molecule is CC[C@H](C)[C@@H]([C@@H](CC(=O)N1CCC[C@H]1[C@H](OC)[C@@H](C)C(=O)N[C@H](C)[C@@H](O)c1ccccc1)OC)N(C)C(=O)[C@@H](NC(=O)[C@H](C(C)C)N(C)C(=O)OCc1ccc(O[C@@H]2O[C@H](C(=O)O)[C@@H](O)[C@H](O)[C@H]2O)c(CN)c1)C(C)C. The maximum Gasteiger partial charge on any atom is 0.410 e. The molecular formula is C54H84N6O16. The minimum Gasteiger partial charge on any atom is -0.479 e. The summed E-state index contributed by atoms with van der Waals surface area (Å²) < 4.78 is 28.5. The Morgan fingerprint density at radius 3 is 2.08 bits per heavy atom. The van der Waals surface area contributed by atoms with Crippen molar-refractivity contribution < 1.29 is 78.0 Å². The summed E-state index contributed by atoms with van der Waals surface area (Å²) in [5, 5.41) is 56.8. The molecule has 0 aliphatic carbocycles. The molecule has 0 radical (unpaired) electrons. The highest BCUT2D eigenvalue weighted by molar-refractivity contribution is 5.92. The van der Waals surface area contributed by atoms with Gasteiger partial charge >= 0.3 is 12.1 Å². The van der Waals surface area contributed by atoms with Gasteiger partial charge in [-0.25, -0.2) is 9.59 Å². The fourth-order valence-electron chi connectivity index (χ4n) is 10.2. The van der Waals surface area contributed by atoms with E-state index in [4.69, 9.17) is 29.4 Å². The van der Waals surface area contributed by atoms with Gasteiger partial charge in [-0.3, -0.25) is 24.1 Å². The van der Waals surface area contributed by atoms with Crippen LogP contribution in [0.2, 0.25) is 0 Å². The first-order valence-electron chi connectivity index (χ1n) is 26.1.